The zero-order valence-electron chi connectivity index (χ0n) is 10.8. The molecule has 1 aromatic heterocycles. The van der Waals surface area contributed by atoms with Crippen molar-refractivity contribution in [2.24, 2.45) is 0 Å². The molecule has 1 aliphatic heterocycles. The summed E-state index contributed by atoms with van der Waals surface area (Å²) < 4.78 is 0.873. The minimum absolute atomic E-state index is 0.0278. The van der Waals surface area contributed by atoms with Crippen molar-refractivity contribution in [3.8, 4) is 0 Å². The van der Waals surface area contributed by atoms with Gasteiger partial charge in [-0.25, -0.2) is 0 Å². The number of amides is 2. The van der Waals surface area contributed by atoms with Crippen LogP contribution in [0.3, 0.4) is 0 Å². The number of hydrogen-bond acceptors (Lipinski definition) is 3. The maximum atomic E-state index is 12.3. The number of benzene rings is 1. The Morgan fingerprint density at radius 1 is 1.40 bits per heavy atom. The average Bonchev–Trinajstić information content (AvgIpc) is 2.42. The van der Waals surface area contributed by atoms with E-state index in [2.05, 4.69) is 26.2 Å². The number of nitrogens with one attached hydrogen (secondary N) is 1. The van der Waals surface area contributed by atoms with Gasteiger partial charge in [0.15, 0.2) is 0 Å². The Morgan fingerprint density at radius 3 is 3.00 bits per heavy atom. The largest absolute Gasteiger partial charge is 0.343 e. The lowest BCUT2D eigenvalue weighted by Gasteiger charge is -2.31. The predicted octanol–water partition coefficient (Wildman–Crippen LogP) is 1.85. The molecule has 1 saturated heterocycles. The monoisotopic (exact) mass is 333 g/mol. The molecule has 5 nitrogen and oxygen atoms in total. The first-order chi connectivity index (χ1) is 9.56. The molecule has 1 atom stereocenters. The van der Waals surface area contributed by atoms with Crippen LogP contribution in [0.25, 0.3) is 10.9 Å². The van der Waals surface area contributed by atoms with Crippen molar-refractivity contribution in [2.45, 2.75) is 13.0 Å². The Hall–Kier alpha value is -1.95. The van der Waals surface area contributed by atoms with Crippen molar-refractivity contribution in [1.82, 2.24) is 10.3 Å². The molecule has 2 aromatic rings. The predicted molar refractivity (Wildman–Crippen MR) is 79.4 cm³/mol. The van der Waals surface area contributed by atoms with Gasteiger partial charge in [-0.1, -0.05) is 12.1 Å². The molecule has 0 aliphatic carbocycles. The van der Waals surface area contributed by atoms with E-state index in [4.69, 9.17) is 0 Å². The lowest BCUT2D eigenvalue weighted by atomic mass is 10.1. The van der Waals surface area contributed by atoms with E-state index in [1.54, 1.807) is 13.1 Å². The third-order valence-corrected chi connectivity index (χ3v) is 3.70. The number of piperazine rings is 1. The molecule has 1 aromatic carbocycles. The van der Waals surface area contributed by atoms with Gasteiger partial charge in [0.1, 0.15) is 12.6 Å². The number of nitrogens with zero attached hydrogens (tertiary/aromatic N) is 2. The number of carbonyl (C=O) groups is 2. The van der Waals surface area contributed by atoms with Crippen LogP contribution in [0.5, 0.6) is 0 Å². The lowest BCUT2D eigenvalue weighted by molar-refractivity contribution is -0.130. The molecule has 1 aliphatic rings. The van der Waals surface area contributed by atoms with Crippen molar-refractivity contribution in [3.63, 3.8) is 0 Å². The minimum atomic E-state index is -0.512. The Morgan fingerprint density at radius 2 is 2.20 bits per heavy atom. The highest BCUT2D eigenvalue weighted by Gasteiger charge is 2.31. The first-order valence-corrected chi connectivity index (χ1v) is 7.00. The van der Waals surface area contributed by atoms with Crippen LogP contribution in [0.4, 0.5) is 5.69 Å². The van der Waals surface area contributed by atoms with Gasteiger partial charge in [0.2, 0.25) is 11.8 Å². The maximum Gasteiger partial charge on any atom is 0.249 e. The Bertz CT molecular complexity index is 717. The molecule has 1 unspecified atom stereocenters. The molecule has 2 heterocycles. The fourth-order valence-corrected chi connectivity index (χ4v) is 2.69. The van der Waals surface area contributed by atoms with E-state index in [1.165, 1.54) is 4.90 Å². The van der Waals surface area contributed by atoms with Crippen molar-refractivity contribution >= 4 is 44.3 Å². The zero-order chi connectivity index (χ0) is 14.3. The van der Waals surface area contributed by atoms with Gasteiger partial charge in [0.05, 0.1) is 11.2 Å². The summed E-state index contributed by atoms with van der Waals surface area (Å²) in [5.41, 5.74) is 1.38. The van der Waals surface area contributed by atoms with E-state index < -0.39 is 6.04 Å². The van der Waals surface area contributed by atoms with Gasteiger partial charge in [-0.3, -0.25) is 19.5 Å². The summed E-state index contributed by atoms with van der Waals surface area (Å²) in [6, 6.07) is 7.02. The zero-order valence-corrected chi connectivity index (χ0v) is 12.3. The second-order valence-electron chi connectivity index (χ2n) is 4.72. The molecular weight excluding hydrogens is 322 g/mol. The van der Waals surface area contributed by atoms with E-state index in [-0.39, 0.29) is 18.4 Å². The number of carbonyl (C=O) groups excluding carboxylic acids is 2. The fourth-order valence-electron chi connectivity index (χ4n) is 2.34. The molecule has 6 heteroatoms. The molecule has 1 N–H and O–H groups in total. The first kappa shape index (κ1) is 13.1. The summed E-state index contributed by atoms with van der Waals surface area (Å²) in [6.45, 7) is 1.71. The molecule has 0 bridgehead atoms. The molecule has 0 spiro atoms. The smallest absolute Gasteiger partial charge is 0.249 e. The van der Waals surface area contributed by atoms with Gasteiger partial charge >= 0.3 is 0 Å². The summed E-state index contributed by atoms with van der Waals surface area (Å²) in [4.78, 5) is 29.8. The Kier molecular flexibility index (Phi) is 3.17. The topological polar surface area (TPSA) is 62.3 Å². The maximum absolute atomic E-state index is 12.3. The van der Waals surface area contributed by atoms with Crippen LogP contribution in [0.2, 0.25) is 0 Å². The van der Waals surface area contributed by atoms with Gasteiger partial charge in [-0.15, -0.1) is 0 Å². The minimum Gasteiger partial charge on any atom is -0.343 e. The van der Waals surface area contributed by atoms with Crippen LogP contribution in [-0.2, 0) is 9.59 Å². The average molecular weight is 334 g/mol. The first-order valence-electron chi connectivity index (χ1n) is 6.21. The molecule has 3 rings (SSSR count). The molecule has 0 radical (unpaired) electrons. The molecule has 1 fully saturated rings. The summed E-state index contributed by atoms with van der Waals surface area (Å²) in [5, 5.41) is 3.55. The number of halogens is 1. The Labute approximate surface area is 124 Å². The number of pyridine rings is 1. The number of para-hydroxylation sites is 1. The third-order valence-electron chi connectivity index (χ3n) is 3.26. The van der Waals surface area contributed by atoms with Crippen LogP contribution >= 0.6 is 15.9 Å². The molecule has 2 amide bonds. The standard InChI is InChI=1S/C14H12BrN3O2/c1-8-14(20)18(7-12(19)17-8)11-4-2-3-9-5-10(15)6-16-13(9)11/h2-6,8H,7H2,1H3,(H,17,19). The van der Waals surface area contributed by atoms with E-state index in [0.717, 1.165) is 9.86 Å². The summed E-state index contributed by atoms with van der Waals surface area (Å²) in [7, 11) is 0. The number of hydrogen-bond donors (Lipinski definition) is 1. The highest BCUT2D eigenvalue weighted by molar-refractivity contribution is 9.10. The van der Waals surface area contributed by atoms with E-state index in [1.807, 2.05) is 24.3 Å². The second-order valence-corrected chi connectivity index (χ2v) is 5.63. The molecule has 102 valence electrons. The highest BCUT2D eigenvalue weighted by atomic mass is 79.9. The van der Waals surface area contributed by atoms with E-state index in [9.17, 15) is 9.59 Å². The van der Waals surface area contributed by atoms with Crippen molar-refractivity contribution < 1.29 is 9.59 Å². The van der Waals surface area contributed by atoms with Gasteiger partial charge in [-0.2, -0.15) is 0 Å². The third kappa shape index (κ3) is 2.16. The van der Waals surface area contributed by atoms with E-state index in [0.29, 0.717) is 11.2 Å². The van der Waals surface area contributed by atoms with Crippen LogP contribution in [0.1, 0.15) is 6.92 Å². The number of aromatic nitrogens is 1. The summed E-state index contributed by atoms with van der Waals surface area (Å²) in [5.74, 6) is -0.284. The molecule has 20 heavy (non-hydrogen) atoms. The second kappa shape index (κ2) is 4.86. The number of fused-ring (bicyclic) bond motifs is 1. The van der Waals surface area contributed by atoms with Crippen LogP contribution in [0, 0.1) is 0 Å². The quantitative estimate of drug-likeness (QED) is 0.866. The highest BCUT2D eigenvalue weighted by Crippen LogP contribution is 2.28. The van der Waals surface area contributed by atoms with Gasteiger partial charge in [0, 0.05) is 16.1 Å². The number of rotatable bonds is 1. The van der Waals surface area contributed by atoms with Gasteiger partial charge in [-0.05, 0) is 35.0 Å². The SMILES string of the molecule is CC1NC(=O)CN(c2cccc3cc(Br)cnc23)C1=O. The fraction of sp³-hybridized carbons (Fsp3) is 0.214. The van der Waals surface area contributed by atoms with E-state index >= 15 is 0 Å². The Balaban J connectivity index is 2.14. The van der Waals surface area contributed by atoms with Crippen molar-refractivity contribution in [2.75, 3.05) is 11.4 Å². The molecule has 0 saturated carbocycles. The van der Waals surface area contributed by atoms with Crippen LogP contribution < -0.4 is 10.2 Å². The normalized spacial score (nSPS) is 19.3. The lowest BCUT2D eigenvalue weighted by Crippen LogP contribution is -2.57. The number of anilines is 1. The van der Waals surface area contributed by atoms with Crippen molar-refractivity contribution in [1.29, 1.82) is 0 Å². The van der Waals surface area contributed by atoms with Crippen LogP contribution in [-0.4, -0.2) is 29.4 Å². The summed E-state index contributed by atoms with van der Waals surface area (Å²) >= 11 is 3.38. The molecular formula is C14H12BrN3O2. The van der Waals surface area contributed by atoms with Crippen molar-refractivity contribution in [3.05, 3.63) is 34.9 Å². The van der Waals surface area contributed by atoms with Crippen LogP contribution in [0.15, 0.2) is 34.9 Å². The summed E-state index contributed by atoms with van der Waals surface area (Å²) in [6.07, 6.45) is 1.68. The van der Waals surface area contributed by atoms with Gasteiger partial charge < -0.3 is 5.32 Å². The van der Waals surface area contributed by atoms with Gasteiger partial charge in [0.25, 0.3) is 0 Å².